The average Bonchev–Trinajstić information content (AvgIpc) is 3.48. The summed E-state index contributed by atoms with van der Waals surface area (Å²) in [6, 6.07) is 0.404. The number of nitrogens with one attached hydrogen (secondary N) is 1. The van der Waals surface area contributed by atoms with Crippen molar-refractivity contribution in [2.75, 3.05) is 13.1 Å². The number of carbonyl (C=O) groups is 2. The van der Waals surface area contributed by atoms with Gasteiger partial charge < -0.3 is 10.2 Å². The molecule has 8 heteroatoms. The molecule has 150 valence electrons. The summed E-state index contributed by atoms with van der Waals surface area (Å²) in [5.74, 6) is 1.93. The third-order valence-electron chi connectivity index (χ3n) is 7.18. The summed E-state index contributed by atoms with van der Waals surface area (Å²) in [6.45, 7) is 3.42. The molecule has 5 rings (SSSR count). The maximum Gasteiger partial charge on any atom is 0.273 e. The summed E-state index contributed by atoms with van der Waals surface area (Å²) in [5.41, 5.74) is 2.22. The zero-order valence-electron chi connectivity index (χ0n) is 16.1. The first-order valence-corrected chi connectivity index (χ1v) is 12.0. The van der Waals surface area contributed by atoms with Crippen LogP contribution in [0.2, 0.25) is 0 Å². The van der Waals surface area contributed by atoms with Crippen LogP contribution in [0.3, 0.4) is 0 Å². The summed E-state index contributed by atoms with van der Waals surface area (Å²) in [7, 11) is 0. The topological polar surface area (TPSA) is 74.7 Å². The molecule has 2 saturated heterocycles. The number of likely N-dealkylation sites (tertiary alicyclic amines) is 1. The van der Waals surface area contributed by atoms with Crippen LogP contribution in [0.15, 0.2) is 15.9 Å². The maximum atomic E-state index is 12.8. The fraction of sp³-hybridized carbons (Fsp3) is 0.700. The van der Waals surface area contributed by atoms with E-state index in [9.17, 15) is 9.59 Å². The molecule has 0 spiro atoms. The van der Waals surface area contributed by atoms with E-state index in [0.717, 1.165) is 29.8 Å². The minimum Gasteiger partial charge on any atom is -0.337 e. The molecular weight excluding hydrogens is 392 g/mol. The van der Waals surface area contributed by atoms with Crippen LogP contribution in [0.4, 0.5) is 0 Å². The van der Waals surface area contributed by atoms with Gasteiger partial charge in [0.25, 0.3) is 5.91 Å². The Hall–Kier alpha value is -1.41. The molecule has 1 aromatic rings. The lowest BCUT2D eigenvalue weighted by Crippen LogP contribution is -2.47. The van der Waals surface area contributed by atoms with Crippen LogP contribution in [0.1, 0.15) is 55.9 Å². The molecule has 2 saturated carbocycles. The summed E-state index contributed by atoms with van der Waals surface area (Å²) in [4.78, 5) is 36.3. The second kappa shape index (κ2) is 7.13. The number of nitrogens with zero attached hydrogens (tertiary/aromatic N) is 3. The molecule has 2 unspecified atom stereocenters. The van der Waals surface area contributed by atoms with E-state index >= 15 is 0 Å². The van der Waals surface area contributed by atoms with Crippen LogP contribution in [0, 0.1) is 17.8 Å². The third kappa shape index (κ3) is 3.18. The molecular formula is C20H26N4O2S2. The zero-order valence-corrected chi connectivity index (χ0v) is 17.7. The SMILES string of the molecule is CC1(C2CCN(C(=O)c3cscn3)CC2)SC(=N[C@H]2C[C@@H]3CCC2C3)NC1=O. The molecule has 2 bridgehead atoms. The van der Waals surface area contributed by atoms with Crippen LogP contribution in [0.25, 0.3) is 0 Å². The molecule has 4 atom stereocenters. The van der Waals surface area contributed by atoms with Gasteiger partial charge >= 0.3 is 0 Å². The van der Waals surface area contributed by atoms with Crippen LogP contribution in [-0.4, -0.2) is 50.7 Å². The van der Waals surface area contributed by atoms with Crippen molar-refractivity contribution < 1.29 is 9.59 Å². The monoisotopic (exact) mass is 418 g/mol. The van der Waals surface area contributed by atoms with Crippen molar-refractivity contribution in [3.8, 4) is 0 Å². The molecule has 1 aromatic heterocycles. The molecule has 1 N–H and O–H groups in total. The number of rotatable bonds is 3. The molecule has 3 heterocycles. The number of thioether (sulfide) groups is 1. The smallest absolute Gasteiger partial charge is 0.273 e. The van der Waals surface area contributed by atoms with Crippen molar-refractivity contribution >= 4 is 40.1 Å². The Kier molecular flexibility index (Phi) is 4.74. The summed E-state index contributed by atoms with van der Waals surface area (Å²) >= 11 is 3.07. The molecule has 0 aromatic carbocycles. The van der Waals surface area contributed by atoms with Gasteiger partial charge in [0.15, 0.2) is 5.17 Å². The lowest BCUT2D eigenvalue weighted by molar-refractivity contribution is -0.122. The number of hydrogen-bond donors (Lipinski definition) is 1. The first kappa shape index (κ1) is 18.6. The summed E-state index contributed by atoms with van der Waals surface area (Å²) in [6.07, 6.45) is 6.86. The Labute approximate surface area is 173 Å². The molecule has 4 fully saturated rings. The molecule has 4 aliphatic rings. The first-order valence-electron chi connectivity index (χ1n) is 10.3. The highest BCUT2D eigenvalue weighted by Gasteiger charge is 2.50. The van der Waals surface area contributed by atoms with E-state index in [0.29, 0.717) is 24.8 Å². The zero-order chi connectivity index (χ0) is 19.3. The number of aromatic nitrogens is 1. The van der Waals surface area contributed by atoms with Crippen molar-refractivity contribution in [2.45, 2.75) is 56.2 Å². The number of piperidine rings is 1. The normalized spacial score (nSPS) is 37.0. The largest absolute Gasteiger partial charge is 0.337 e. The molecule has 6 nitrogen and oxygen atoms in total. The Bertz CT molecular complexity index is 803. The van der Waals surface area contributed by atoms with Crippen molar-refractivity contribution in [3.63, 3.8) is 0 Å². The van der Waals surface area contributed by atoms with Crippen molar-refractivity contribution in [3.05, 3.63) is 16.6 Å². The molecule has 2 amide bonds. The Morgan fingerprint density at radius 3 is 2.75 bits per heavy atom. The van der Waals surface area contributed by atoms with E-state index in [1.165, 1.54) is 37.0 Å². The number of amides is 2. The van der Waals surface area contributed by atoms with E-state index < -0.39 is 4.75 Å². The van der Waals surface area contributed by atoms with Gasteiger partial charge in [-0.15, -0.1) is 11.3 Å². The van der Waals surface area contributed by atoms with E-state index in [4.69, 9.17) is 4.99 Å². The minimum atomic E-state index is -0.480. The van der Waals surface area contributed by atoms with E-state index in [2.05, 4.69) is 17.2 Å². The fourth-order valence-electron chi connectivity index (χ4n) is 5.45. The van der Waals surface area contributed by atoms with Gasteiger partial charge in [-0.1, -0.05) is 18.2 Å². The third-order valence-corrected chi connectivity index (χ3v) is 9.11. The standard InChI is InChI=1S/C20H26N4O2S2/c1-20(14-4-6-24(7-5-14)17(25)16-10-27-11-21-16)18(26)23-19(28-20)22-15-9-12-2-3-13(15)8-12/h10-15H,2-9H2,1H3,(H,22,23,26)/t12-,13?,15+,20?/m1/s1. The first-order chi connectivity index (χ1) is 13.5. The van der Waals surface area contributed by atoms with Gasteiger partial charge in [0.1, 0.15) is 10.4 Å². The summed E-state index contributed by atoms with van der Waals surface area (Å²) < 4.78 is -0.480. The van der Waals surface area contributed by atoms with Crippen LogP contribution in [-0.2, 0) is 4.79 Å². The fourth-order valence-corrected chi connectivity index (χ4v) is 7.26. The summed E-state index contributed by atoms with van der Waals surface area (Å²) in [5, 5.41) is 5.69. The highest BCUT2D eigenvalue weighted by molar-refractivity contribution is 8.16. The van der Waals surface area contributed by atoms with Crippen LogP contribution < -0.4 is 5.32 Å². The van der Waals surface area contributed by atoms with Gasteiger partial charge in [-0.05, 0) is 56.8 Å². The van der Waals surface area contributed by atoms with Gasteiger partial charge in [-0.2, -0.15) is 0 Å². The van der Waals surface area contributed by atoms with E-state index in [-0.39, 0.29) is 17.7 Å². The molecule has 0 radical (unpaired) electrons. The number of amidine groups is 1. The van der Waals surface area contributed by atoms with Crippen molar-refractivity contribution in [2.24, 2.45) is 22.7 Å². The van der Waals surface area contributed by atoms with E-state index in [1.807, 2.05) is 4.90 Å². The second-order valence-corrected chi connectivity index (χ2v) is 10.9. The highest BCUT2D eigenvalue weighted by Crippen LogP contribution is 2.48. The van der Waals surface area contributed by atoms with E-state index in [1.54, 1.807) is 22.7 Å². The quantitative estimate of drug-likeness (QED) is 0.818. The lowest BCUT2D eigenvalue weighted by Gasteiger charge is -2.37. The lowest BCUT2D eigenvalue weighted by atomic mass is 9.84. The van der Waals surface area contributed by atoms with Gasteiger partial charge in [-0.25, -0.2) is 4.98 Å². The number of aliphatic imine (C=N–C) groups is 1. The molecule has 28 heavy (non-hydrogen) atoms. The van der Waals surface area contributed by atoms with Gasteiger partial charge in [-0.3, -0.25) is 14.6 Å². The van der Waals surface area contributed by atoms with Gasteiger partial charge in [0.2, 0.25) is 5.91 Å². The number of thiazole rings is 1. The Balaban J connectivity index is 1.23. The molecule has 2 aliphatic heterocycles. The van der Waals surface area contributed by atoms with Gasteiger partial charge in [0.05, 0.1) is 11.6 Å². The predicted octanol–water partition coefficient (Wildman–Crippen LogP) is 3.16. The van der Waals surface area contributed by atoms with Crippen LogP contribution >= 0.6 is 23.1 Å². The molecule has 2 aliphatic carbocycles. The predicted molar refractivity (Wildman–Crippen MR) is 112 cm³/mol. The number of hydrogen-bond acceptors (Lipinski definition) is 6. The second-order valence-electron chi connectivity index (χ2n) is 8.78. The van der Waals surface area contributed by atoms with Crippen LogP contribution in [0.5, 0.6) is 0 Å². The minimum absolute atomic E-state index is 0.00640. The Morgan fingerprint density at radius 2 is 2.11 bits per heavy atom. The number of carbonyl (C=O) groups excluding carboxylic acids is 2. The van der Waals surface area contributed by atoms with Crippen molar-refractivity contribution in [1.82, 2.24) is 15.2 Å². The highest BCUT2D eigenvalue weighted by atomic mass is 32.2. The Morgan fingerprint density at radius 1 is 1.29 bits per heavy atom. The van der Waals surface area contributed by atoms with Gasteiger partial charge in [0, 0.05) is 18.5 Å². The number of fused-ring (bicyclic) bond motifs is 2. The maximum absolute atomic E-state index is 12.8. The average molecular weight is 419 g/mol. The van der Waals surface area contributed by atoms with Crippen molar-refractivity contribution in [1.29, 1.82) is 0 Å².